The SMILES string of the molecule is NC1(CNCCC2CCCO2)CCCC1. The molecule has 1 heterocycles. The van der Waals surface area contributed by atoms with E-state index in [2.05, 4.69) is 5.32 Å². The van der Waals surface area contributed by atoms with Crippen molar-refractivity contribution in [3.8, 4) is 0 Å². The fraction of sp³-hybridized carbons (Fsp3) is 1.00. The Kier molecular flexibility index (Phi) is 4.00. The molecule has 88 valence electrons. The Morgan fingerprint density at radius 3 is 2.73 bits per heavy atom. The average molecular weight is 212 g/mol. The van der Waals surface area contributed by atoms with Crippen molar-refractivity contribution in [2.24, 2.45) is 5.73 Å². The Hall–Kier alpha value is -0.120. The van der Waals surface area contributed by atoms with Gasteiger partial charge in [0.1, 0.15) is 0 Å². The highest BCUT2D eigenvalue weighted by Crippen LogP contribution is 2.26. The Labute approximate surface area is 92.7 Å². The Balaban J connectivity index is 1.54. The largest absolute Gasteiger partial charge is 0.378 e. The van der Waals surface area contributed by atoms with E-state index in [9.17, 15) is 0 Å². The van der Waals surface area contributed by atoms with Crippen LogP contribution in [0.2, 0.25) is 0 Å². The first kappa shape index (κ1) is 11.4. The number of ether oxygens (including phenoxy) is 1. The van der Waals surface area contributed by atoms with Crippen molar-refractivity contribution in [3.05, 3.63) is 0 Å². The van der Waals surface area contributed by atoms with Crippen molar-refractivity contribution in [2.75, 3.05) is 19.7 Å². The zero-order valence-electron chi connectivity index (χ0n) is 9.63. The summed E-state index contributed by atoms with van der Waals surface area (Å²) in [6.45, 7) is 3.01. The molecule has 3 heteroatoms. The number of nitrogens with two attached hydrogens (primary N) is 1. The minimum atomic E-state index is 0.0938. The van der Waals surface area contributed by atoms with Crippen molar-refractivity contribution in [1.29, 1.82) is 0 Å². The predicted octanol–water partition coefficient (Wildman–Crippen LogP) is 1.42. The van der Waals surface area contributed by atoms with Crippen LogP contribution in [-0.4, -0.2) is 31.3 Å². The Morgan fingerprint density at radius 1 is 1.27 bits per heavy atom. The lowest BCUT2D eigenvalue weighted by Gasteiger charge is -2.24. The maximum atomic E-state index is 6.26. The van der Waals surface area contributed by atoms with E-state index in [0.717, 1.165) is 26.1 Å². The molecular weight excluding hydrogens is 188 g/mol. The molecule has 2 aliphatic rings. The van der Waals surface area contributed by atoms with Crippen LogP contribution in [-0.2, 0) is 4.74 Å². The zero-order chi connectivity index (χ0) is 10.6. The summed E-state index contributed by atoms with van der Waals surface area (Å²) in [5.41, 5.74) is 6.35. The highest BCUT2D eigenvalue weighted by Gasteiger charge is 2.28. The molecular formula is C12H24N2O. The van der Waals surface area contributed by atoms with Crippen LogP contribution in [0.1, 0.15) is 44.9 Å². The first-order chi connectivity index (χ1) is 7.29. The molecule has 3 nitrogen and oxygen atoms in total. The number of nitrogens with one attached hydrogen (secondary N) is 1. The fourth-order valence-corrected chi connectivity index (χ4v) is 2.73. The molecule has 0 aromatic heterocycles. The fourth-order valence-electron chi connectivity index (χ4n) is 2.73. The summed E-state index contributed by atoms with van der Waals surface area (Å²) >= 11 is 0. The molecule has 1 aliphatic carbocycles. The first-order valence-corrected chi connectivity index (χ1v) is 6.40. The first-order valence-electron chi connectivity index (χ1n) is 6.40. The van der Waals surface area contributed by atoms with Gasteiger partial charge in [-0.15, -0.1) is 0 Å². The van der Waals surface area contributed by atoms with Crippen LogP contribution in [0.5, 0.6) is 0 Å². The van der Waals surface area contributed by atoms with Crippen LogP contribution in [0.4, 0.5) is 0 Å². The van der Waals surface area contributed by atoms with Crippen molar-refractivity contribution >= 4 is 0 Å². The van der Waals surface area contributed by atoms with Gasteiger partial charge < -0.3 is 15.8 Å². The van der Waals surface area contributed by atoms with Gasteiger partial charge in [0.2, 0.25) is 0 Å². The maximum Gasteiger partial charge on any atom is 0.0588 e. The van der Waals surface area contributed by atoms with E-state index < -0.39 is 0 Å². The highest BCUT2D eigenvalue weighted by molar-refractivity contribution is 4.91. The van der Waals surface area contributed by atoms with Crippen LogP contribution in [0.25, 0.3) is 0 Å². The molecule has 15 heavy (non-hydrogen) atoms. The lowest BCUT2D eigenvalue weighted by Crippen LogP contribution is -2.46. The topological polar surface area (TPSA) is 47.3 Å². The molecule has 0 bridgehead atoms. The minimum absolute atomic E-state index is 0.0938. The smallest absolute Gasteiger partial charge is 0.0588 e. The van der Waals surface area contributed by atoms with Crippen LogP contribution < -0.4 is 11.1 Å². The molecule has 0 spiro atoms. The number of hydrogen-bond donors (Lipinski definition) is 2. The van der Waals surface area contributed by atoms with Crippen LogP contribution in [0.15, 0.2) is 0 Å². The summed E-state index contributed by atoms with van der Waals surface area (Å²) in [7, 11) is 0. The Bertz CT molecular complexity index is 184. The van der Waals surface area contributed by atoms with Gasteiger partial charge in [0, 0.05) is 18.7 Å². The Morgan fingerprint density at radius 2 is 2.07 bits per heavy atom. The van der Waals surface area contributed by atoms with Crippen LogP contribution in [0.3, 0.4) is 0 Å². The average Bonchev–Trinajstić information content (AvgIpc) is 2.84. The molecule has 1 saturated heterocycles. The molecule has 1 aliphatic heterocycles. The molecule has 3 N–H and O–H groups in total. The monoisotopic (exact) mass is 212 g/mol. The predicted molar refractivity (Wildman–Crippen MR) is 61.8 cm³/mol. The second-order valence-electron chi connectivity index (χ2n) is 5.17. The van der Waals surface area contributed by atoms with Crippen molar-refractivity contribution in [1.82, 2.24) is 5.32 Å². The summed E-state index contributed by atoms with van der Waals surface area (Å²) in [5, 5.41) is 3.49. The minimum Gasteiger partial charge on any atom is -0.378 e. The third-order valence-corrected chi connectivity index (χ3v) is 3.74. The van der Waals surface area contributed by atoms with Crippen molar-refractivity contribution in [3.63, 3.8) is 0 Å². The second-order valence-corrected chi connectivity index (χ2v) is 5.17. The van der Waals surface area contributed by atoms with Gasteiger partial charge in [0.05, 0.1) is 6.10 Å². The van der Waals surface area contributed by atoms with Gasteiger partial charge >= 0.3 is 0 Å². The van der Waals surface area contributed by atoms with E-state index >= 15 is 0 Å². The molecule has 0 aromatic carbocycles. The number of rotatable bonds is 5. The molecule has 2 fully saturated rings. The molecule has 0 amide bonds. The van der Waals surface area contributed by atoms with Crippen LogP contribution >= 0.6 is 0 Å². The zero-order valence-corrected chi connectivity index (χ0v) is 9.63. The van der Waals surface area contributed by atoms with Gasteiger partial charge in [-0.25, -0.2) is 0 Å². The van der Waals surface area contributed by atoms with Gasteiger partial charge in [-0.1, -0.05) is 12.8 Å². The standard InChI is InChI=1S/C12H24N2O/c13-12(6-1-2-7-12)10-14-8-5-11-4-3-9-15-11/h11,14H,1-10,13H2. The van der Waals surface area contributed by atoms with Gasteiger partial charge in [-0.2, -0.15) is 0 Å². The van der Waals surface area contributed by atoms with Gasteiger partial charge in [0.15, 0.2) is 0 Å². The summed E-state index contributed by atoms with van der Waals surface area (Å²) in [5.74, 6) is 0. The molecule has 0 radical (unpaired) electrons. The highest BCUT2D eigenvalue weighted by atomic mass is 16.5. The van der Waals surface area contributed by atoms with Gasteiger partial charge in [-0.05, 0) is 38.6 Å². The van der Waals surface area contributed by atoms with E-state index in [1.807, 2.05) is 0 Å². The lowest BCUT2D eigenvalue weighted by atomic mass is 9.99. The third-order valence-electron chi connectivity index (χ3n) is 3.74. The summed E-state index contributed by atoms with van der Waals surface area (Å²) < 4.78 is 5.58. The van der Waals surface area contributed by atoms with Crippen LogP contribution in [0, 0.1) is 0 Å². The van der Waals surface area contributed by atoms with Gasteiger partial charge in [-0.3, -0.25) is 0 Å². The van der Waals surface area contributed by atoms with Crippen molar-refractivity contribution < 1.29 is 4.74 Å². The molecule has 1 atom stereocenters. The quantitative estimate of drug-likeness (QED) is 0.678. The number of hydrogen-bond acceptors (Lipinski definition) is 3. The molecule has 2 rings (SSSR count). The van der Waals surface area contributed by atoms with Crippen molar-refractivity contribution in [2.45, 2.75) is 56.6 Å². The summed E-state index contributed by atoms with van der Waals surface area (Å²) in [6, 6.07) is 0. The second kappa shape index (κ2) is 5.28. The van der Waals surface area contributed by atoms with E-state index in [1.165, 1.54) is 38.5 Å². The molecule has 0 aromatic rings. The van der Waals surface area contributed by atoms with E-state index in [1.54, 1.807) is 0 Å². The van der Waals surface area contributed by atoms with E-state index in [0.29, 0.717) is 6.10 Å². The molecule has 1 saturated carbocycles. The molecule has 1 unspecified atom stereocenters. The lowest BCUT2D eigenvalue weighted by molar-refractivity contribution is 0.104. The normalized spacial score (nSPS) is 29.8. The van der Waals surface area contributed by atoms with Gasteiger partial charge in [0.25, 0.3) is 0 Å². The maximum absolute atomic E-state index is 6.26. The summed E-state index contributed by atoms with van der Waals surface area (Å²) in [6.07, 6.45) is 9.15. The van der Waals surface area contributed by atoms with E-state index in [4.69, 9.17) is 10.5 Å². The summed E-state index contributed by atoms with van der Waals surface area (Å²) in [4.78, 5) is 0. The third kappa shape index (κ3) is 3.44. The van der Waals surface area contributed by atoms with E-state index in [-0.39, 0.29) is 5.54 Å².